The van der Waals surface area contributed by atoms with Crippen molar-refractivity contribution in [3.05, 3.63) is 64.7 Å². The lowest BCUT2D eigenvalue weighted by molar-refractivity contribution is -0.122. The number of para-hydroxylation sites is 1. The van der Waals surface area contributed by atoms with Crippen LogP contribution in [0.3, 0.4) is 0 Å². The molecule has 0 radical (unpaired) electrons. The van der Waals surface area contributed by atoms with Crippen LogP contribution in [0.4, 0.5) is 16.2 Å². The van der Waals surface area contributed by atoms with Crippen LogP contribution in [0.1, 0.15) is 5.56 Å². The summed E-state index contributed by atoms with van der Waals surface area (Å²) in [6, 6.07) is 12.9. The van der Waals surface area contributed by atoms with Gasteiger partial charge in [-0.25, -0.2) is 9.69 Å². The predicted molar refractivity (Wildman–Crippen MR) is 101 cm³/mol. The lowest BCUT2D eigenvalue weighted by atomic mass is 10.1. The van der Waals surface area contributed by atoms with E-state index < -0.39 is 17.8 Å². The molecular weight excluding hydrogens is 354 g/mol. The van der Waals surface area contributed by atoms with Crippen molar-refractivity contribution in [1.82, 2.24) is 5.32 Å². The third-order valence-corrected chi connectivity index (χ3v) is 4.24. The molecule has 4 amide bonds. The molecular formula is C19H16ClN3O3. The van der Waals surface area contributed by atoms with Gasteiger partial charge in [-0.2, -0.15) is 0 Å². The number of imide groups is 2. The van der Waals surface area contributed by atoms with Crippen LogP contribution in [-0.2, 0) is 9.59 Å². The highest BCUT2D eigenvalue weighted by Crippen LogP contribution is 2.28. The summed E-state index contributed by atoms with van der Waals surface area (Å²) in [5.41, 5.74) is 1.74. The van der Waals surface area contributed by atoms with Gasteiger partial charge in [-0.3, -0.25) is 14.9 Å². The van der Waals surface area contributed by atoms with Crippen molar-refractivity contribution in [2.75, 3.05) is 23.9 Å². The Morgan fingerprint density at radius 3 is 2.27 bits per heavy atom. The zero-order valence-corrected chi connectivity index (χ0v) is 14.9. The fourth-order valence-corrected chi connectivity index (χ4v) is 2.76. The number of nitrogens with one attached hydrogen (secondary N) is 1. The van der Waals surface area contributed by atoms with Crippen LogP contribution in [0.5, 0.6) is 0 Å². The monoisotopic (exact) mass is 369 g/mol. The van der Waals surface area contributed by atoms with E-state index in [-0.39, 0.29) is 16.3 Å². The molecule has 0 atom stereocenters. The number of carbonyl (C=O) groups excluding carboxylic acids is 3. The summed E-state index contributed by atoms with van der Waals surface area (Å²) in [7, 11) is 3.83. The summed E-state index contributed by atoms with van der Waals surface area (Å²) in [6.07, 6.45) is 1.45. The van der Waals surface area contributed by atoms with Gasteiger partial charge in [-0.1, -0.05) is 35.9 Å². The zero-order valence-electron chi connectivity index (χ0n) is 14.2. The molecule has 0 unspecified atom stereocenters. The topological polar surface area (TPSA) is 69.7 Å². The molecule has 26 heavy (non-hydrogen) atoms. The second-order valence-corrected chi connectivity index (χ2v) is 6.30. The number of benzene rings is 2. The van der Waals surface area contributed by atoms with Gasteiger partial charge in [0.15, 0.2) is 0 Å². The number of urea groups is 1. The van der Waals surface area contributed by atoms with Crippen molar-refractivity contribution < 1.29 is 14.4 Å². The molecule has 2 aromatic rings. The van der Waals surface area contributed by atoms with Gasteiger partial charge in [0.2, 0.25) is 0 Å². The molecule has 132 valence electrons. The molecule has 0 spiro atoms. The molecule has 3 rings (SSSR count). The Hall–Kier alpha value is -3.12. The first-order chi connectivity index (χ1) is 12.4. The molecule has 7 heteroatoms. The molecule has 2 aromatic carbocycles. The standard InChI is InChI=1S/C19H16ClN3O3/c1-22(2)13-9-7-12(8-10-13)11-14-17(24)21-19(26)23(18(14)25)16-6-4-3-5-15(16)20/h3-11H,1-2H3,(H,21,24,26). The molecule has 0 saturated carbocycles. The third kappa shape index (κ3) is 3.32. The molecule has 1 aliphatic rings. The largest absolute Gasteiger partial charge is 0.378 e. The molecule has 6 nitrogen and oxygen atoms in total. The maximum absolute atomic E-state index is 12.8. The van der Waals surface area contributed by atoms with Crippen molar-refractivity contribution in [3.8, 4) is 0 Å². The smallest absolute Gasteiger partial charge is 0.335 e. The van der Waals surface area contributed by atoms with E-state index in [9.17, 15) is 14.4 Å². The van der Waals surface area contributed by atoms with Crippen molar-refractivity contribution in [3.63, 3.8) is 0 Å². The fourth-order valence-electron chi connectivity index (χ4n) is 2.54. The van der Waals surface area contributed by atoms with Crippen LogP contribution in [0.15, 0.2) is 54.1 Å². The number of anilines is 2. The molecule has 1 aliphatic heterocycles. The lowest BCUT2D eigenvalue weighted by Gasteiger charge is -2.27. The number of halogens is 1. The molecule has 1 N–H and O–H groups in total. The Morgan fingerprint density at radius 2 is 1.65 bits per heavy atom. The van der Waals surface area contributed by atoms with Gasteiger partial charge in [-0.05, 0) is 35.9 Å². The number of nitrogens with zero attached hydrogens (tertiary/aromatic N) is 2. The number of carbonyl (C=O) groups is 3. The number of barbiturate groups is 1. The van der Waals surface area contributed by atoms with Crippen LogP contribution in [0.25, 0.3) is 6.08 Å². The Bertz CT molecular complexity index is 920. The van der Waals surface area contributed by atoms with E-state index in [1.165, 1.54) is 6.08 Å². The van der Waals surface area contributed by atoms with E-state index in [1.54, 1.807) is 36.4 Å². The summed E-state index contributed by atoms with van der Waals surface area (Å²) in [4.78, 5) is 39.9. The van der Waals surface area contributed by atoms with E-state index in [0.717, 1.165) is 10.6 Å². The molecule has 0 aromatic heterocycles. The van der Waals surface area contributed by atoms with Crippen LogP contribution < -0.4 is 15.1 Å². The number of rotatable bonds is 3. The number of amides is 4. The van der Waals surface area contributed by atoms with E-state index >= 15 is 0 Å². The molecule has 0 bridgehead atoms. The van der Waals surface area contributed by atoms with E-state index in [1.807, 2.05) is 31.1 Å². The SMILES string of the molecule is CN(C)c1ccc(C=C2C(=O)NC(=O)N(c3ccccc3Cl)C2=O)cc1. The van der Waals surface area contributed by atoms with Crippen molar-refractivity contribution in [2.24, 2.45) is 0 Å². The second kappa shape index (κ2) is 7.01. The summed E-state index contributed by atoms with van der Waals surface area (Å²) in [5.74, 6) is -1.46. The Morgan fingerprint density at radius 1 is 1.00 bits per heavy atom. The van der Waals surface area contributed by atoms with Gasteiger partial charge in [-0.15, -0.1) is 0 Å². The third-order valence-electron chi connectivity index (χ3n) is 3.92. The van der Waals surface area contributed by atoms with Crippen LogP contribution in [0, 0.1) is 0 Å². The maximum atomic E-state index is 12.8. The quantitative estimate of drug-likeness (QED) is 0.666. The van der Waals surface area contributed by atoms with Gasteiger partial charge in [0.25, 0.3) is 11.8 Å². The lowest BCUT2D eigenvalue weighted by Crippen LogP contribution is -2.54. The second-order valence-electron chi connectivity index (χ2n) is 5.90. The predicted octanol–water partition coefficient (Wildman–Crippen LogP) is 3.07. The maximum Gasteiger partial charge on any atom is 0.335 e. The summed E-state index contributed by atoms with van der Waals surface area (Å²) in [6.45, 7) is 0. The molecule has 0 aliphatic carbocycles. The van der Waals surface area contributed by atoms with Crippen molar-refractivity contribution in [2.45, 2.75) is 0 Å². The minimum Gasteiger partial charge on any atom is -0.378 e. The van der Waals surface area contributed by atoms with Crippen LogP contribution >= 0.6 is 11.6 Å². The minimum absolute atomic E-state index is 0.137. The minimum atomic E-state index is -0.826. The summed E-state index contributed by atoms with van der Waals surface area (Å²) in [5, 5.41) is 2.41. The van der Waals surface area contributed by atoms with Gasteiger partial charge in [0.1, 0.15) is 5.57 Å². The van der Waals surface area contributed by atoms with Crippen molar-refractivity contribution in [1.29, 1.82) is 0 Å². The van der Waals surface area contributed by atoms with E-state index in [0.29, 0.717) is 5.56 Å². The highest BCUT2D eigenvalue weighted by atomic mass is 35.5. The zero-order chi connectivity index (χ0) is 18.8. The number of hydrogen-bond donors (Lipinski definition) is 1. The van der Waals surface area contributed by atoms with Gasteiger partial charge >= 0.3 is 6.03 Å². The Balaban J connectivity index is 1.99. The Kier molecular flexibility index (Phi) is 4.77. The van der Waals surface area contributed by atoms with Gasteiger partial charge in [0.05, 0.1) is 10.7 Å². The van der Waals surface area contributed by atoms with Crippen LogP contribution in [-0.4, -0.2) is 31.9 Å². The molecule has 1 fully saturated rings. The fraction of sp³-hybridized carbons (Fsp3) is 0.105. The first kappa shape index (κ1) is 17.7. The normalized spacial score (nSPS) is 16.0. The summed E-state index contributed by atoms with van der Waals surface area (Å²) >= 11 is 6.10. The highest BCUT2D eigenvalue weighted by Gasteiger charge is 2.37. The first-order valence-corrected chi connectivity index (χ1v) is 8.19. The van der Waals surface area contributed by atoms with E-state index in [4.69, 9.17) is 11.6 Å². The molecule has 1 heterocycles. The van der Waals surface area contributed by atoms with Gasteiger partial charge in [0, 0.05) is 19.8 Å². The highest BCUT2D eigenvalue weighted by molar-refractivity contribution is 6.42. The number of hydrogen-bond acceptors (Lipinski definition) is 4. The van der Waals surface area contributed by atoms with E-state index in [2.05, 4.69) is 5.32 Å². The van der Waals surface area contributed by atoms with Crippen LogP contribution in [0.2, 0.25) is 5.02 Å². The average Bonchev–Trinajstić information content (AvgIpc) is 2.60. The molecule has 1 saturated heterocycles. The Labute approximate surface area is 155 Å². The summed E-state index contributed by atoms with van der Waals surface area (Å²) < 4.78 is 0. The van der Waals surface area contributed by atoms with Crippen molar-refractivity contribution >= 4 is 46.9 Å². The average molecular weight is 370 g/mol. The van der Waals surface area contributed by atoms with Gasteiger partial charge < -0.3 is 4.90 Å². The first-order valence-electron chi connectivity index (χ1n) is 7.82.